The third-order valence-corrected chi connectivity index (χ3v) is 7.24. The van der Waals surface area contributed by atoms with Gasteiger partial charge in [-0.05, 0) is 49.3 Å². The summed E-state index contributed by atoms with van der Waals surface area (Å²) in [6, 6.07) is 7.17. The Kier molecular flexibility index (Phi) is 6.22. The highest BCUT2D eigenvalue weighted by Crippen LogP contribution is 2.33. The maximum Gasteiger partial charge on any atom is 0.255 e. The number of nitrogens with one attached hydrogen (secondary N) is 1. The molecule has 10 heteroatoms. The lowest BCUT2D eigenvalue weighted by Crippen LogP contribution is -2.52. The van der Waals surface area contributed by atoms with E-state index in [0.717, 1.165) is 36.8 Å². The molecule has 2 fully saturated rings. The molecule has 1 aromatic heterocycles. The fourth-order valence-corrected chi connectivity index (χ4v) is 5.38. The number of nitrogens with two attached hydrogens (primary N) is 1. The molecular weight excluding hydrogens is 456 g/mol. The van der Waals surface area contributed by atoms with Crippen molar-refractivity contribution in [1.29, 1.82) is 0 Å². The highest BCUT2D eigenvalue weighted by atomic mass is 35.5. The molecular formula is C24H27ClN6O3. The lowest BCUT2D eigenvalue weighted by atomic mass is 9.90. The predicted molar refractivity (Wildman–Crippen MR) is 126 cm³/mol. The maximum absolute atomic E-state index is 13.5. The molecule has 5 rings (SSSR count). The van der Waals surface area contributed by atoms with Crippen molar-refractivity contribution in [3.05, 3.63) is 52.3 Å². The molecule has 3 heterocycles. The van der Waals surface area contributed by atoms with Crippen LogP contribution in [0.3, 0.4) is 0 Å². The van der Waals surface area contributed by atoms with Crippen LogP contribution in [0.4, 0.5) is 5.95 Å². The van der Waals surface area contributed by atoms with Gasteiger partial charge in [0.05, 0.1) is 0 Å². The second kappa shape index (κ2) is 9.31. The summed E-state index contributed by atoms with van der Waals surface area (Å²) in [5.74, 6) is -0.363. The Labute approximate surface area is 202 Å². The molecule has 2 aliphatic heterocycles. The van der Waals surface area contributed by atoms with E-state index in [2.05, 4.69) is 20.2 Å². The van der Waals surface area contributed by atoms with Gasteiger partial charge >= 0.3 is 0 Å². The van der Waals surface area contributed by atoms with Gasteiger partial charge < -0.3 is 15.5 Å². The second-order valence-corrected chi connectivity index (χ2v) is 9.61. The monoisotopic (exact) mass is 482 g/mol. The van der Waals surface area contributed by atoms with Gasteiger partial charge in [0.2, 0.25) is 17.8 Å². The third kappa shape index (κ3) is 4.37. The van der Waals surface area contributed by atoms with Crippen molar-refractivity contribution < 1.29 is 14.4 Å². The molecule has 178 valence electrons. The molecule has 1 saturated heterocycles. The van der Waals surface area contributed by atoms with Crippen molar-refractivity contribution in [3.8, 4) is 0 Å². The van der Waals surface area contributed by atoms with Crippen LogP contribution < -0.4 is 16.0 Å². The number of fused-ring (bicyclic) bond motifs is 1. The third-order valence-electron chi connectivity index (χ3n) is 7.03. The number of piperidine rings is 1. The second-order valence-electron chi connectivity index (χ2n) is 9.23. The van der Waals surface area contributed by atoms with Crippen molar-refractivity contribution >= 4 is 35.3 Å². The van der Waals surface area contributed by atoms with Crippen molar-refractivity contribution in [2.24, 2.45) is 5.73 Å². The highest BCUT2D eigenvalue weighted by Gasteiger charge is 2.40. The first-order chi connectivity index (χ1) is 16.4. The molecule has 0 bridgehead atoms. The molecule has 0 spiro atoms. The summed E-state index contributed by atoms with van der Waals surface area (Å²) in [6.07, 6.45) is 5.84. The minimum Gasteiger partial charge on any atom is -0.333 e. The smallest absolute Gasteiger partial charge is 0.255 e. The van der Waals surface area contributed by atoms with Crippen molar-refractivity contribution in [2.75, 3.05) is 4.90 Å². The number of amides is 3. The van der Waals surface area contributed by atoms with E-state index in [9.17, 15) is 14.4 Å². The quantitative estimate of drug-likeness (QED) is 0.494. The summed E-state index contributed by atoms with van der Waals surface area (Å²) < 4.78 is 0. The fraction of sp³-hybridized carbons (Fsp3) is 0.458. The Balaban J connectivity index is 1.44. The molecule has 1 unspecified atom stereocenters. The van der Waals surface area contributed by atoms with E-state index in [1.807, 2.05) is 18.2 Å². The van der Waals surface area contributed by atoms with E-state index in [1.54, 1.807) is 17.2 Å². The molecule has 3 aliphatic rings. The van der Waals surface area contributed by atoms with Crippen molar-refractivity contribution in [2.45, 2.75) is 69.7 Å². The van der Waals surface area contributed by atoms with Gasteiger partial charge in [-0.15, -0.1) is 0 Å². The van der Waals surface area contributed by atoms with E-state index in [0.29, 0.717) is 36.2 Å². The summed E-state index contributed by atoms with van der Waals surface area (Å²) in [5, 5.41) is 2.72. The molecule has 1 aliphatic carbocycles. The number of aromatic nitrogens is 2. The number of imide groups is 1. The number of anilines is 1. The Bertz CT molecular complexity index is 1130. The summed E-state index contributed by atoms with van der Waals surface area (Å²) in [5.41, 5.74) is 8.49. The number of rotatable bonds is 5. The minimum atomic E-state index is -0.641. The van der Waals surface area contributed by atoms with Crippen molar-refractivity contribution in [3.63, 3.8) is 0 Å². The van der Waals surface area contributed by atoms with Crippen LogP contribution in [0.1, 0.15) is 60.0 Å². The molecule has 0 radical (unpaired) electrons. The standard InChI is InChI=1S/C24H27ClN6O3/c25-19-10-11-27-24(28-19)30(17-6-4-16(26)5-7-17)12-14-2-1-3-15-13-31(23(34)21(14)15)18-8-9-20(32)29-22(18)33/h1-3,10-11,16-18H,4-9,12-13,26H2,(H,29,32,33). The summed E-state index contributed by atoms with van der Waals surface area (Å²) in [4.78, 5) is 50.1. The van der Waals surface area contributed by atoms with Gasteiger partial charge in [0.25, 0.3) is 5.91 Å². The van der Waals surface area contributed by atoms with Crippen LogP contribution in [0.25, 0.3) is 0 Å². The number of benzene rings is 1. The number of halogens is 1. The molecule has 9 nitrogen and oxygen atoms in total. The summed E-state index contributed by atoms with van der Waals surface area (Å²) >= 11 is 6.18. The van der Waals surface area contributed by atoms with Gasteiger partial charge in [0.1, 0.15) is 11.2 Å². The lowest BCUT2D eigenvalue weighted by molar-refractivity contribution is -0.136. The normalized spacial score (nSPS) is 24.7. The summed E-state index contributed by atoms with van der Waals surface area (Å²) in [6.45, 7) is 0.790. The highest BCUT2D eigenvalue weighted by molar-refractivity contribution is 6.29. The van der Waals surface area contributed by atoms with E-state index >= 15 is 0 Å². The van der Waals surface area contributed by atoms with E-state index in [4.69, 9.17) is 17.3 Å². The summed E-state index contributed by atoms with van der Waals surface area (Å²) in [7, 11) is 0. The van der Waals surface area contributed by atoms with Gasteiger partial charge in [0.15, 0.2) is 0 Å². The molecule has 1 aromatic carbocycles. The number of hydrogen-bond acceptors (Lipinski definition) is 7. The van der Waals surface area contributed by atoms with Gasteiger partial charge in [-0.1, -0.05) is 29.8 Å². The Morgan fingerprint density at radius 3 is 2.65 bits per heavy atom. The predicted octanol–water partition coefficient (Wildman–Crippen LogP) is 2.17. The minimum absolute atomic E-state index is 0.178. The van der Waals surface area contributed by atoms with Crippen LogP contribution in [-0.4, -0.2) is 50.7 Å². The van der Waals surface area contributed by atoms with Gasteiger partial charge in [-0.3, -0.25) is 19.7 Å². The average Bonchev–Trinajstić information content (AvgIpc) is 3.15. The zero-order valence-corrected chi connectivity index (χ0v) is 19.5. The zero-order chi connectivity index (χ0) is 23.8. The van der Waals surface area contributed by atoms with Crippen LogP contribution in [0, 0.1) is 0 Å². The zero-order valence-electron chi connectivity index (χ0n) is 18.7. The number of carbonyl (C=O) groups is 3. The van der Waals surface area contributed by atoms with Gasteiger partial charge in [0, 0.05) is 43.4 Å². The SMILES string of the molecule is NC1CCC(N(Cc2cccc3c2C(=O)N(C2CCC(=O)NC2=O)C3)c2nccc(Cl)n2)CC1. The molecule has 34 heavy (non-hydrogen) atoms. The first-order valence-electron chi connectivity index (χ1n) is 11.7. The van der Waals surface area contributed by atoms with Crippen LogP contribution in [0.2, 0.25) is 5.15 Å². The molecule has 1 saturated carbocycles. The first kappa shape index (κ1) is 22.7. The van der Waals surface area contributed by atoms with E-state index < -0.39 is 11.9 Å². The van der Waals surface area contributed by atoms with Gasteiger partial charge in [-0.2, -0.15) is 0 Å². The topological polar surface area (TPSA) is 122 Å². The van der Waals surface area contributed by atoms with E-state index in [1.165, 1.54) is 0 Å². The molecule has 3 amide bonds. The average molecular weight is 483 g/mol. The van der Waals surface area contributed by atoms with Gasteiger partial charge in [-0.25, -0.2) is 9.97 Å². The fourth-order valence-electron chi connectivity index (χ4n) is 5.25. The maximum atomic E-state index is 13.5. The number of hydrogen-bond donors (Lipinski definition) is 2. The molecule has 3 N–H and O–H groups in total. The molecule has 2 aromatic rings. The first-order valence-corrected chi connectivity index (χ1v) is 12.0. The lowest BCUT2D eigenvalue weighted by Gasteiger charge is -2.36. The largest absolute Gasteiger partial charge is 0.333 e. The van der Waals surface area contributed by atoms with Crippen LogP contribution in [-0.2, 0) is 22.7 Å². The Morgan fingerprint density at radius 2 is 1.91 bits per heavy atom. The Morgan fingerprint density at radius 1 is 1.12 bits per heavy atom. The van der Waals surface area contributed by atoms with Crippen molar-refractivity contribution in [1.82, 2.24) is 20.2 Å². The number of carbonyl (C=O) groups excluding carboxylic acids is 3. The molecule has 1 atom stereocenters. The van der Waals surface area contributed by atoms with Crippen LogP contribution in [0.5, 0.6) is 0 Å². The Hall–Kier alpha value is -3.04. The number of nitrogens with zero attached hydrogens (tertiary/aromatic N) is 4. The van der Waals surface area contributed by atoms with E-state index in [-0.39, 0.29) is 30.3 Å². The van der Waals surface area contributed by atoms with Crippen LogP contribution >= 0.6 is 11.6 Å². The van der Waals surface area contributed by atoms with Crippen LogP contribution in [0.15, 0.2) is 30.5 Å².